The normalized spacial score (nSPS) is 17.7. The van der Waals surface area contributed by atoms with Crippen LogP contribution in [0, 0.1) is 0 Å². The van der Waals surface area contributed by atoms with Gasteiger partial charge in [0.05, 0.1) is 32.4 Å². The Balaban J connectivity index is 2.28. The summed E-state index contributed by atoms with van der Waals surface area (Å²) in [6.45, 7) is 3.09. The fraction of sp³-hybridized carbons (Fsp3) is 0.409. The zero-order valence-electron chi connectivity index (χ0n) is 16.9. The Kier molecular flexibility index (Phi) is 7.03. The van der Waals surface area contributed by atoms with Crippen molar-refractivity contribution in [2.24, 2.45) is 0 Å². The van der Waals surface area contributed by atoms with Crippen LogP contribution < -0.4 is 14.2 Å². The number of benzene rings is 2. The molecule has 1 aliphatic rings. The van der Waals surface area contributed by atoms with E-state index in [0.717, 1.165) is 22.0 Å². The van der Waals surface area contributed by atoms with E-state index in [2.05, 4.69) is 15.9 Å². The number of hydrogen-bond acceptors (Lipinski definition) is 5. The first kappa shape index (κ1) is 21.5. The molecule has 29 heavy (non-hydrogen) atoms. The van der Waals surface area contributed by atoms with E-state index in [1.54, 1.807) is 14.2 Å². The Bertz CT molecular complexity index is 850. The molecule has 0 spiro atoms. The minimum Gasteiger partial charge on any atom is -0.496 e. The summed E-state index contributed by atoms with van der Waals surface area (Å²) in [5.41, 5.74) is 1.67. The Labute approximate surface area is 179 Å². The second-order valence-corrected chi connectivity index (χ2v) is 7.74. The highest BCUT2D eigenvalue weighted by Crippen LogP contribution is 2.46. The molecule has 0 aromatic heterocycles. The highest BCUT2D eigenvalue weighted by molar-refractivity contribution is 9.10. The maximum Gasteiger partial charge on any atom is 0.320 e. The topological polar surface area (TPSA) is 68.2 Å². The van der Waals surface area contributed by atoms with Crippen LogP contribution in [-0.2, 0) is 4.79 Å². The SMILES string of the molecule is CCOc1ccc(Br)cc1C(c1c(OC)cccc1OC)N1CCCC1C(=O)O. The summed E-state index contributed by atoms with van der Waals surface area (Å²) < 4.78 is 18.1. The molecule has 0 bridgehead atoms. The molecule has 0 radical (unpaired) electrons. The Morgan fingerprint density at radius 2 is 1.90 bits per heavy atom. The molecule has 2 aromatic rings. The van der Waals surface area contributed by atoms with Crippen LogP contribution in [0.5, 0.6) is 17.2 Å². The third-order valence-corrected chi connectivity index (χ3v) is 5.71. The molecule has 1 heterocycles. The van der Waals surface area contributed by atoms with E-state index in [1.807, 2.05) is 48.2 Å². The third kappa shape index (κ3) is 4.36. The second-order valence-electron chi connectivity index (χ2n) is 6.83. The number of rotatable bonds is 8. The van der Waals surface area contributed by atoms with Crippen molar-refractivity contribution in [1.29, 1.82) is 0 Å². The van der Waals surface area contributed by atoms with Crippen LogP contribution >= 0.6 is 15.9 Å². The van der Waals surface area contributed by atoms with Gasteiger partial charge in [-0.25, -0.2) is 0 Å². The molecular weight excluding hydrogens is 438 g/mol. The van der Waals surface area contributed by atoms with Crippen molar-refractivity contribution >= 4 is 21.9 Å². The molecule has 2 aromatic carbocycles. The molecule has 0 amide bonds. The smallest absolute Gasteiger partial charge is 0.320 e. The van der Waals surface area contributed by atoms with Gasteiger partial charge in [-0.3, -0.25) is 9.69 Å². The van der Waals surface area contributed by atoms with Crippen molar-refractivity contribution in [3.63, 3.8) is 0 Å². The largest absolute Gasteiger partial charge is 0.496 e. The van der Waals surface area contributed by atoms with E-state index in [4.69, 9.17) is 14.2 Å². The van der Waals surface area contributed by atoms with Crippen LogP contribution in [0.1, 0.15) is 36.9 Å². The molecule has 2 atom stereocenters. The number of carboxylic acids is 1. The number of carbonyl (C=O) groups is 1. The van der Waals surface area contributed by atoms with Gasteiger partial charge in [0.25, 0.3) is 0 Å². The van der Waals surface area contributed by atoms with Gasteiger partial charge in [-0.05, 0) is 50.1 Å². The molecule has 1 fully saturated rings. The van der Waals surface area contributed by atoms with Crippen molar-refractivity contribution in [1.82, 2.24) is 4.90 Å². The molecule has 2 unspecified atom stereocenters. The summed E-state index contributed by atoms with van der Waals surface area (Å²) in [7, 11) is 3.22. The van der Waals surface area contributed by atoms with Gasteiger partial charge < -0.3 is 19.3 Å². The predicted octanol–water partition coefficient (Wildman–Crippen LogP) is 4.50. The van der Waals surface area contributed by atoms with Crippen molar-refractivity contribution < 1.29 is 24.1 Å². The Morgan fingerprint density at radius 3 is 2.48 bits per heavy atom. The van der Waals surface area contributed by atoms with Gasteiger partial charge in [0.1, 0.15) is 23.3 Å². The summed E-state index contributed by atoms with van der Waals surface area (Å²) in [4.78, 5) is 14.0. The molecule has 1 N–H and O–H groups in total. The number of hydrogen-bond donors (Lipinski definition) is 1. The molecule has 0 saturated carbocycles. The van der Waals surface area contributed by atoms with E-state index in [-0.39, 0.29) is 0 Å². The van der Waals surface area contributed by atoms with E-state index in [0.29, 0.717) is 36.8 Å². The molecule has 156 valence electrons. The maximum absolute atomic E-state index is 12.0. The highest BCUT2D eigenvalue weighted by Gasteiger charge is 2.40. The van der Waals surface area contributed by atoms with E-state index in [1.165, 1.54) is 0 Å². The molecular formula is C22H26BrNO5. The predicted molar refractivity (Wildman–Crippen MR) is 114 cm³/mol. The van der Waals surface area contributed by atoms with Crippen LogP contribution in [0.2, 0.25) is 0 Å². The molecule has 6 nitrogen and oxygen atoms in total. The first-order valence-corrected chi connectivity index (χ1v) is 10.4. The van der Waals surface area contributed by atoms with E-state index >= 15 is 0 Å². The second kappa shape index (κ2) is 9.50. The van der Waals surface area contributed by atoms with Gasteiger partial charge in [-0.2, -0.15) is 0 Å². The Hall–Kier alpha value is -2.25. The van der Waals surface area contributed by atoms with E-state index < -0.39 is 18.1 Å². The summed E-state index contributed by atoms with van der Waals surface area (Å²) in [6.07, 6.45) is 1.41. The van der Waals surface area contributed by atoms with Crippen molar-refractivity contribution in [3.8, 4) is 17.2 Å². The number of carboxylic acid groups (broad SMARTS) is 1. The molecule has 1 saturated heterocycles. The highest BCUT2D eigenvalue weighted by atomic mass is 79.9. The standard InChI is InChI=1S/C22H26BrNO5/c1-4-29-17-11-10-14(23)13-15(17)21(24-12-6-7-16(24)22(25)26)20-18(27-2)8-5-9-19(20)28-3/h5,8-11,13,16,21H,4,6-7,12H2,1-3H3,(H,25,26). The number of likely N-dealkylation sites (tertiary alicyclic amines) is 1. The quantitative estimate of drug-likeness (QED) is 0.621. The van der Waals surface area contributed by atoms with Gasteiger partial charge in [-0.15, -0.1) is 0 Å². The number of halogens is 1. The van der Waals surface area contributed by atoms with Crippen LogP contribution in [0.4, 0.5) is 0 Å². The van der Waals surface area contributed by atoms with Crippen molar-refractivity contribution in [3.05, 3.63) is 52.0 Å². The summed E-state index contributed by atoms with van der Waals surface area (Å²) in [5.74, 6) is 1.18. The zero-order valence-corrected chi connectivity index (χ0v) is 18.4. The van der Waals surface area contributed by atoms with Gasteiger partial charge in [0.15, 0.2) is 0 Å². The van der Waals surface area contributed by atoms with Crippen LogP contribution in [0.15, 0.2) is 40.9 Å². The van der Waals surface area contributed by atoms with Crippen molar-refractivity contribution in [2.75, 3.05) is 27.4 Å². The monoisotopic (exact) mass is 463 g/mol. The fourth-order valence-corrected chi connectivity index (χ4v) is 4.41. The molecule has 3 rings (SSSR count). The minimum atomic E-state index is -0.825. The summed E-state index contributed by atoms with van der Waals surface area (Å²) in [6, 6.07) is 10.4. The first-order valence-electron chi connectivity index (χ1n) is 9.63. The Morgan fingerprint density at radius 1 is 1.21 bits per heavy atom. The van der Waals surface area contributed by atoms with Gasteiger partial charge in [0.2, 0.25) is 0 Å². The van der Waals surface area contributed by atoms with Crippen LogP contribution in [0.25, 0.3) is 0 Å². The fourth-order valence-electron chi connectivity index (χ4n) is 4.03. The van der Waals surface area contributed by atoms with Gasteiger partial charge in [-0.1, -0.05) is 22.0 Å². The molecule has 1 aliphatic heterocycles. The lowest BCUT2D eigenvalue weighted by Gasteiger charge is -2.34. The summed E-state index contributed by atoms with van der Waals surface area (Å²) >= 11 is 3.56. The summed E-state index contributed by atoms with van der Waals surface area (Å²) in [5, 5.41) is 9.86. The molecule has 7 heteroatoms. The zero-order chi connectivity index (χ0) is 21.0. The number of ether oxygens (including phenoxy) is 3. The number of nitrogens with zero attached hydrogens (tertiary/aromatic N) is 1. The average Bonchev–Trinajstić information content (AvgIpc) is 3.20. The van der Waals surface area contributed by atoms with Gasteiger partial charge in [0, 0.05) is 16.6 Å². The average molecular weight is 464 g/mol. The lowest BCUT2D eigenvalue weighted by Crippen LogP contribution is -2.39. The lowest BCUT2D eigenvalue weighted by molar-refractivity contribution is -0.142. The lowest BCUT2D eigenvalue weighted by atomic mass is 9.93. The molecule has 0 aliphatic carbocycles. The number of methoxy groups -OCH3 is 2. The van der Waals surface area contributed by atoms with Gasteiger partial charge >= 0.3 is 5.97 Å². The first-order chi connectivity index (χ1) is 14.0. The van der Waals surface area contributed by atoms with Crippen molar-refractivity contribution in [2.45, 2.75) is 31.8 Å². The minimum absolute atomic E-state index is 0.399. The van der Waals surface area contributed by atoms with Crippen LogP contribution in [-0.4, -0.2) is 49.4 Å². The van der Waals surface area contributed by atoms with Crippen LogP contribution in [0.3, 0.4) is 0 Å². The third-order valence-electron chi connectivity index (χ3n) is 5.22. The number of aliphatic carboxylic acids is 1. The maximum atomic E-state index is 12.0. The van der Waals surface area contributed by atoms with E-state index in [9.17, 15) is 9.90 Å².